The molecule has 0 bridgehead atoms. The minimum atomic E-state index is 0. The number of rotatable bonds is 6. The molecule has 6 nitrogen and oxygen atoms in total. The molecule has 0 spiro atoms. The molecule has 0 aromatic carbocycles. The first-order chi connectivity index (χ1) is 11.5. The summed E-state index contributed by atoms with van der Waals surface area (Å²) in [5.74, 6) is 1.44. The maximum atomic E-state index is 12.2. The van der Waals surface area contributed by atoms with Crippen molar-refractivity contribution in [2.75, 3.05) is 39.3 Å². The zero-order chi connectivity index (χ0) is 17.4. The Morgan fingerprint density at radius 3 is 2.60 bits per heavy atom. The van der Waals surface area contributed by atoms with Gasteiger partial charge in [-0.15, -0.1) is 12.4 Å². The number of hydrogen-bond donors (Lipinski definition) is 3. The molecule has 2 aliphatic rings. The number of carbonyl (C=O) groups excluding carboxylic acids is 2. The molecule has 3 amide bonds. The fraction of sp³-hybridized carbons (Fsp3) is 0.889. The van der Waals surface area contributed by atoms with Crippen molar-refractivity contribution in [3.8, 4) is 0 Å². The van der Waals surface area contributed by atoms with Crippen LogP contribution >= 0.6 is 12.4 Å². The highest BCUT2D eigenvalue weighted by Crippen LogP contribution is 2.20. The first-order valence-corrected chi connectivity index (χ1v) is 9.54. The molecule has 0 aromatic heterocycles. The van der Waals surface area contributed by atoms with Gasteiger partial charge < -0.3 is 20.9 Å². The van der Waals surface area contributed by atoms with E-state index in [2.05, 4.69) is 29.8 Å². The lowest BCUT2D eigenvalue weighted by Crippen LogP contribution is -2.47. The zero-order valence-corrected chi connectivity index (χ0v) is 16.5. The lowest BCUT2D eigenvalue weighted by Gasteiger charge is -2.33. The first-order valence-electron chi connectivity index (χ1n) is 9.54. The number of nitrogens with zero attached hydrogens (tertiary/aromatic N) is 1. The van der Waals surface area contributed by atoms with Gasteiger partial charge in [0.25, 0.3) is 0 Å². The van der Waals surface area contributed by atoms with Gasteiger partial charge in [-0.2, -0.15) is 0 Å². The van der Waals surface area contributed by atoms with Crippen molar-refractivity contribution < 1.29 is 9.59 Å². The number of nitrogens with one attached hydrogen (secondary N) is 3. The lowest BCUT2D eigenvalue weighted by atomic mass is 9.94. The smallest absolute Gasteiger partial charge is 0.317 e. The van der Waals surface area contributed by atoms with Crippen LogP contribution in [0.1, 0.15) is 46.0 Å². The highest BCUT2D eigenvalue weighted by molar-refractivity contribution is 5.85. The summed E-state index contributed by atoms with van der Waals surface area (Å²) < 4.78 is 0. The van der Waals surface area contributed by atoms with Crippen molar-refractivity contribution in [2.45, 2.75) is 46.0 Å². The van der Waals surface area contributed by atoms with Gasteiger partial charge >= 0.3 is 6.03 Å². The average molecular weight is 375 g/mol. The highest BCUT2D eigenvalue weighted by atomic mass is 35.5. The van der Waals surface area contributed by atoms with Gasteiger partial charge in [-0.1, -0.05) is 13.8 Å². The molecule has 3 N–H and O–H groups in total. The van der Waals surface area contributed by atoms with Crippen LogP contribution in [0.2, 0.25) is 0 Å². The summed E-state index contributed by atoms with van der Waals surface area (Å²) in [7, 11) is 0. The Hall–Kier alpha value is -1.01. The van der Waals surface area contributed by atoms with Gasteiger partial charge in [0.05, 0.1) is 0 Å². The number of halogens is 1. The Labute approximate surface area is 158 Å². The molecule has 2 aliphatic heterocycles. The SMILES string of the molecule is CC(C)CNC(=O)N1CCCC(CC(=O)NCC2CCCNC2)C1.Cl. The second kappa shape index (κ2) is 11.6. The van der Waals surface area contributed by atoms with E-state index in [1.807, 2.05) is 4.90 Å². The molecule has 2 rings (SSSR count). The van der Waals surface area contributed by atoms with E-state index in [9.17, 15) is 9.59 Å². The normalized spacial score (nSPS) is 23.7. The first kappa shape index (κ1) is 22.0. The minimum Gasteiger partial charge on any atom is -0.356 e. The molecule has 7 heteroatoms. The third-order valence-corrected chi connectivity index (χ3v) is 4.93. The molecule has 2 fully saturated rings. The Bertz CT molecular complexity index is 414. The van der Waals surface area contributed by atoms with Gasteiger partial charge in [0.2, 0.25) is 5.91 Å². The molecular weight excluding hydrogens is 340 g/mol. The summed E-state index contributed by atoms with van der Waals surface area (Å²) in [5.41, 5.74) is 0. The summed E-state index contributed by atoms with van der Waals surface area (Å²) in [6.07, 6.45) is 4.95. The van der Waals surface area contributed by atoms with Gasteiger partial charge in [0.15, 0.2) is 0 Å². The van der Waals surface area contributed by atoms with E-state index < -0.39 is 0 Å². The van der Waals surface area contributed by atoms with Gasteiger partial charge in [0.1, 0.15) is 0 Å². The third-order valence-electron chi connectivity index (χ3n) is 4.93. The van der Waals surface area contributed by atoms with Crippen LogP contribution in [-0.2, 0) is 4.79 Å². The Kier molecular flexibility index (Phi) is 10.2. The maximum absolute atomic E-state index is 12.2. The Morgan fingerprint density at radius 1 is 1.16 bits per heavy atom. The number of carbonyl (C=O) groups is 2. The van der Waals surface area contributed by atoms with Gasteiger partial charge in [0, 0.05) is 32.6 Å². The highest BCUT2D eigenvalue weighted by Gasteiger charge is 2.25. The molecule has 2 saturated heterocycles. The topological polar surface area (TPSA) is 73.5 Å². The molecule has 2 unspecified atom stereocenters. The maximum Gasteiger partial charge on any atom is 0.317 e. The van der Waals surface area contributed by atoms with Crippen molar-refractivity contribution >= 4 is 24.3 Å². The number of hydrogen-bond acceptors (Lipinski definition) is 3. The third kappa shape index (κ3) is 8.27. The van der Waals surface area contributed by atoms with E-state index in [0.29, 0.717) is 31.3 Å². The molecule has 2 heterocycles. The minimum absolute atomic E-state index is 0. The van der Waals surface area contributed by atoms with Crippen molar-refractivity contribution in [3.63, 3.8) is 0 Å². The fourth-order valence-corrected chi connectivity index (χ4v) is 3.51. The molecule has 0 aliphatic carbocycles. The zero-order valence-electron chi connectivity index (χ0n) is 15.7. The monoisotopic (exact) mass is 374 g/mol. The molecule has 2 atom stereocenters. The van der Waals surface area contributed by atoms with Crippen molar-refractivity contribution in [1.82, 2.24) is 20.9 Å². The number of likely N-dealkylation sites (tertiary alicyclic amines) is 1. The van der Waals surface area contributed by atoms with Crippen LogP contribution in [0.3, 0.4) is 0 Å². The lowest BCUT2D eigenvalue weighted by molar-refractivity contribution is -0.122. The Balaban J connectivity index is 0.00000312. The van der Waals surface area contributed by atoms with Crippen molar-refractivity contribution in [2.24, 2.45) is 17.8 Å². The summed E-state index contributed by atoms with van der Waals surface area (Å²) in [6, 6.07) is 0.0158. The molecule has 25 heavy (non-hydrogen) atoms. The Morgan fingerprint density at radius 2 is 1.92 bits per heavy atom. The van der Waals surface area contributed by atoms with Crippen LogP contribution in [0.5, 0.6) is 0 Å². The van der Waals surface area contributed by atoms with Gasteiger partial charge in [-0.3, -0.25) is 4.79 Å². The standard InChI is InChI=1S/C18H34N4O2.ClH/c1-14(2)10-21-18(24)22-8-4-6-15(13-22)9-17(23)20-12-16-5-3-7-19-11-16;/h14-16,19H,3-13H2,1-2H3,(H,20,23)(H,21,24);1H. The summed E-state index contributed by atoms with van der Waals surface area (Å²) in [6.45, 7) is 9.26. The summed E-state index contributed by atoms with van der Waals surface area (Å²) in [4.78, 5) is 26.2. The van der Waals surface area contributed by atoms with Crippen molar-refractivity contribution in [1.29, 1.82) is 0 Å². The number of piperidine rings is 2. The van der Waals surface area contributed by atoms with Crippen molar-refractivity contribution in [3.05, 3.63) is 0 Å². The number of urea groups is 1. The molecule has 146 valence electrons. The van der Waals surface area contributed by atoms with E-state index in [4.69, 9.17) is 0 Å². The van der Waals surface area contributed by atoms with Crippen LogP contribution in [0.25, 0.3) is 0 Å². The quantitative estimate of drug-likeness (QED) is 0.665. The predicted octanol–water partition coefficient (Wildman–Crippen LogP) is 1.99. The molecular formula is C18H35ClN4O2. The van der Waals surface area contributed by atoms with E-state index in [1.165, 1.54) is 12.8 Å². The molecule has 0 saturated carbocycles. The van der Waals surface area contributed by atoms with Crippen LogP contribution in [0.4, 0.5) is 4.79 Å². The van der Waals surface area contributed by atoms with E-state index in [1.54, 1.807) is 0 Å². The molecule has 0 aromatic rings. The fourth-order valence-electron chi connectivity index (χ4n) is 3.51. The van der Waals surface area contributed by atoms with E-state index >= 15 is 0 Å². The van der Waals surface area contributed by atoms with Crippen LogP contribution in [0.15, 0.2) is 0 Å². The van der Waals surface area contributed by atoms with Crippen LogP contribution < -0.4 is 16.0 Å². The second-order valence-electron chi connectivity index (χ2n) is 7.75. The van der Waals surface area contributed by atoms with E-state index in [-0.39, 0.29) is 30.3 Å². The van der Waals surface area contributed by atoms with E-state index in [0.717, 1.165) is 39.0 Å². The largest absolute Gasteiger partial charge is 0.356 e. The second-order valence-corrected chi connectivity index (χ2v) is 7.75. The number of amides is 3. The van der Waals surface area contributed by atoms with Gasteiger partial charge in [-0.05, 0) is 56.5 Å². The van der Waals surface area contributed by atoms with Crippen LogP contribution in [0, 0.1) is 17.8 Å². The predicted molar refractivity (Wildman–Crippen MR) is 103 cm³/mol. The summed E-state index contributed by atoms with van der Waals surface area (Å²) in [5, 5.41) is 9.43. The van der Waals surface area contributed by atoms with Gasteiger partial charge in [-0.25, -0.2) is 4.79 Å². The van der Waals surface area contributed by atoms with Crippen LogP contribution in [-0.4, -0.2) is 56.1 Å². The summed E-state index contributed by atoms with van der Waals surface area (Å²) >= 11 is 0. The average Bonchev–Trinajstić information content (AvgIpc) is 2.59. The molecule has 0 radical (unpaired) electrons.